The summed E-state index contributed by atoms with van der Waals surface area (Å²) in [6.45, 7) is 5.56. The Labute approximate surface area is 223 Å². The van der Waals surface area contributed by atoms with Crippen molar-refractivity contribution in [2.24, 2.45) is 11.7 Å². The summed E-state index contributed by atoms with van der Waals surface area (Å²) in [6.07, 6.45) is 4.76. The number of aliphatic hydroxyl groups is 1. The molecule has 0 amide bonds. The monoisotopic (exact) mass is 520 g/mol. The van der Waals surface area contributed by atoms with Crippen molar-refractivity contribution in [1.82, 2.24) is 4.90 Å². The minimum Gasteiger partial charge on any atom is -0.481 e. The number of rotatable bonds is 4. The number of carbonyl (C=O) groups excluding carboxylic acids is 2. The van der Waals surface area contributed by atoms with Crippen molar-refractivity contribution in [3.63, 3.8) is 0 Å². The van der Waals surface area contributed by atoms with Gasteiger partial charge in [-0.15, -0.1) is 0 Å². The van der Waals surface area contributed by atoms with E-state index in [1.54, 1.807) is 6.92 Å². The molecule has 2 heterocycles. The van der Waals surface area contributed by atoms with Gasteiger partial charge in [-0.2, -0.15) is 0 Å². The number of benzene rings is 2. The summed E-state index contributed by atoms with van der Waals surface area (Å²) in [7, 11) is 2.17. The summed E-state index contributed by atoms with van der Waals surface area (Å²) in [4.78, 5) is 25.7. The van der Waals surface area contributed by atoms with E-state index in [0.29, 0.717) is 17.5 Å². The Morgan fingerprint density at radius 2 is 1.87 bits per heavy atom. The Morgan fingerprint density at radius 1 is 1.13 bits per heavy atom. The van der Waals surface area contributed by atoms with Gasteiger partial charge in [0.05, 0.1) is 6.10 Å². The van der Waals surface area contributed by atoms with Gasteiger partial charge in [-0.1, -0.05) is 42.5 Å². The smallest absolute Gasteiger partial charge is 0.308 e. The van der Waals surface area contributed by atoms with Crippen LogP contribution in [0.25, 0.3) is 0 Å². The average Bonchev–Trinajstić information content (AvgIpc) is 3.24. The summed E-state index contributed by atoms with van der Waals surface area (Å²) in [5.41, 5.74) is 8.55. The number of ether oxygens (including phenoxy) is 3. The number of nitrogens with two attached hydrogens (primary N) is 1. The minimum absolute atomic E-state index is 0.211. The molecule has 0 unspecified atom stereocenters. The molecular formula is C30H36N2O6. The largest absolute Gasteiger partial charge is 0.481 e. The van der Waals surface area contributed by atoms with Gasteiger partial charge in [-0.25, -0.2) is 0 Å². The van der Waals surface area contributed by atoms with E-state index < -0.39 is 12.2 Å². The predicted octanol–water partition coefficient (Wildman–Crippen LogP) is 3.06. The van der Waals surface area contributed by atoms with E-state index >= 15 is 0 Å². The first kappa shape index (κ1) is 26.4. The van der Waals surface area contributed by atoms with Crippen molar-refractivity contribution < 1.29 is 28.9 Å². The van der Waals surface area contributed by atoms with Crippen LogP contribution in [-0.2, 0) is 26.2 Å². The number of aliphatic hydroxyl groups excluding tert-OH is 1. The molecule has 2 aromatic carbocycles. The Bertz CT molecular complexity index is 1240. The van der Waals surface area contributed by atoms with E-state index in [0.717, 1.165) is 30.5 Å². The summed E-state index contributed by atoms with van der Waals surface area (Å²) in [5.74, 6) is 0.712. The lowest BCUT2D eigenvalue weighted by molar-refractivity contribution is -0.152. The topological polar surface area (TPSA) is 111 Å². The quantitative estimate of drug-likeness (QED) is 0.360. The Morgan fingerprint density at radius 3 is 2.53 bits per heavy atom. The maximum absolute atomic E-state index is 11.7. The first-order valence-electron chi connectivity index (χ1n) is 13.2. The lowest BCUT2D eigenvalue weighted by atomic mass is 9.53. The molecule has 2 aromatic rings. The van der Waals surface area contributed by atoms with Crippen LogP contribution in [0.4, 0.5) is 0 Å². The third-order valence-corrected chi connectivity index (χ3v) is 8.31. The molecule has 38 heavy (non-hydrogen) atoms. The van der Waals surface area contributed by atoms with Crippen molar-refractivity contribution in [3.8, 4) is 11.5 Å². The fourth-order valence-corrected chi connectivity index (χ4v) is 6.69. The lowest BCUT2D eigenvalue weighted by Crippen LogP contribution is -2.65. The number of piperidine rings is 1. The second kappa shape index (κ2) is 10.2. The van der Waals surface area contributed by atoms with Gasteiger partial charge in [0.2, 0.25) is 0 Å². The molecule has 7 atom stereocenters. The van der Waals surface area contributed by atoms with Crippen LogP contribution in [-0.4, -0.2) is 59.8 Å². The van der Waals surface area contributed by atoms with Gasteiger partial charge in [0.15, 0.2) is 17.6 Å². The van der Waals surface area contributed by atoms with Crippen LogP contribution in [0, 0.1) is 5.92 Å². The molecule has 0 saturated carbocycles. The molecule has 6 rings (SSSR count). The van der Waals surface area contributed by atoms with Crippen LogP contribution >= 0.6 is 0 Å². The van der Waals surface area contributed by atoms with Gasteiger partial charge in [-0.05, 0) is 56.6 Å². The summed E-state index contributed by atoms with van der Waals surface area (Å²) in [6, 6.07) is 13.5. The number of hydrogen-bond donors (Lipinski definition) is 2. The highest BCUT2D eigenvalue weighted by atomic mass is 16.6. The van der Waals surface area contributed by atoms with Crippen molar-refractivity contribution in [2.75, 3.05) is 13.6 Å². The third-order valence-electron chi connectivity index (χ3n) is 8.31. The zero-order chi connectivity index (χ0) is 27.2. The number of nitrogens with zero attached hydrogens (tertiary/aromatic N) is 1. The molecule has 0 radical (unpaired) electrons. The van der Waals surface area contributed by atoms with Crippen molar-refractivity contribution in [1.29, 1.82) is 0 Å². The zero-order valence-corrected chi connectivity index (χ0v) is 22.3. The lowest BCUT2D eigenvalue weighted by Gasteiger charge is -2.56. The zero-order valence-electron chi connectivity index (χ0n) is 22.3. The van der Waals surface area contributed by atoms with Gasteiger partial charge in [0.25, 0.3) is 0 Å². The highest BCUT2D eigenvalue weighted by molar-refractivity contribution is 5.73. The predicted molar refractivity (Wildman–Crippen MR) is 142 cm³/mol. The van der Waals surface area contributed by atoms with Crippen LogP contribution in [0.1, 0.15) is 50.0 Å². The van der Waals surface area contributed by atoms with Gasteiger partial charge < -0.3 is 30.0 Å². The maximum atomic E-state index is 11.7. The second-order valence-corrected chi connectivity index (χ2v) is 10.8. The van der Waals surface area contributed by atoms with E-state index in [1.807, 2.05) is 42.5 Å². The molecule has 2 aliphatic heterocycles. The van der Waals surface area contributed by atoms with Crippen LogP contribution in [0.15, 0.2) is 54.6 Å². The van der Waals surface area contributed by atoms with Crippen molar-refractivity contribution in [3.05, 3.63) is 71.3 Å². The molecule has 2 aliphatic carbocycles. The minimum atomic E-state index is -0.545. The Kier molecular flexibility index (Phi) is 7.07. The highest BCUT2D eigenvalue weighted by Gasteiger charge is 2.65. The Balaban J connectivity index is 0.000000226. The molecule has 8 heteroatoms. The van der Waals surface area contributed by atoms with Crippen molar-refractivity contribution >= 4 is 11.9 Å². The fraction of sp³-hybridized carbons (Fsp3) is 0.467. The maximum Gasteiger partial charge on any atom is 0.308 e. The van der Waals surface area contributed by atoms with Gasteiger partial charge in [0, 0.05) is 42.8 Å². The third kappa shape index (κ3) is 4.40. The summed E-state index contributed by atoms with van der Waals surface area (Å²) in [5, 5.41) is 9.47. The van der Waals surface area contributed by atoms with E-state index in [1.165, 1.54) is 19.4 Å². The van der Waals surface area contributed by atoms with E-state index in [9.17, 15) is 14.7 Å². The first-order chi connectivity index (χ1) is 18.1. The average molecular weight is 521 g/mol. The molecule has 202 valence electrons. The molecule has 1 fully saturated rings. The van der Waals surface area contributed by atoms with Crippen molar-refractivity contribution in [2.45, 2.75) is 69.4 Å². The van der Waals surface area contributed by atoms with E-state index in [2.05, 4.69) is 24.1 Å². The van der Waals surface area contributed by atoms with Crippen LogP contribution < -0.4 is 15.2 Å². The Hall–Kier alpha value is -3.20. The molecule has 2 bridgehead atoms. The molecule has 8 nitrogen and oxygen atoms in total. The van der Waals surface area contributed by atoms with Gasteiger partial charge in [0.1, 0.15) is 6.10 Å². The standard InChI is InChI=1S/C21H23NO5.C9H13NO/c1-11(23)25-16-6-4-13-10-15-14-5-7-17(26-12(2)24)20-21(14,8-9-22(15)3)18(13)19(16)27-20;1-7(10)9(11)8-5-3-2-4-6-8/h4-7,14-15,17,20H,8-10H2,1-3H3;2-7,9,11H,10H2,1H3/t14-,15+,17-,20-,21-;7-,9+/m00/s1. The molecule has 1 spiro atoms. The molecule has 4 aliphatic rings. The number of likely N-dealkylation sites (tertiary alicyclic amines) is 1. The molecule has 1 saturated heterocycles. The van der Waals surface area contributed by atoms with E-state index in [-0.39, 0.29) is 35.4 Å². The number of carbonyl (C=O) groups is 2. The highest BCUT2D eigenvalue weighted by Crippen LogP contribution is 2.62. The second-order valence-electron chi connectivity index (χ2n) is 10.8. The molecule has 3 N–H and O–H groups in total. The SMILES string of the molecule is CC(=O)Oc1ccc2c3c1O[C@H]1[C@@H](OC(C)=O)C=C[C@H]4[C@@H](C2)N(C)CC[C@@]341.C[C@H](N)[C@@H](O)c1ccccc1. The summed E-state index contributed by atoms with van der Waals surface area (Å²) < 4.78 is 17.5. The van der Waals surface area contributed by atoms with E-state index in [4.69, 9.17) is 19.9 Å². The van der Waals surface area contributed by atoms with Crippen LogP contribution in [0.2, 0.25) is 0 Å². The van der Waals surface area contributed by atoms with Gasteiger partial charge >= 0.3 is 11.9 Å². The summed E-state index contributed by atoms with van der Waals surface area (Å²) >= 11 is 0. The molecule has 0 aromatic heterocycles. The number of likely N-dealkylation sites (N-methyl/N-ethyl adjacent to an activating group) is 1. The normalized spacial score (nSPS) is 29.6. The number of esters is 2. The van der Waals surface area contributed by atoms with Crippen LogP contribution in [0.3, 0.4) is 0 Å². The fourth-order valence-electron chi connectivity index (χ4n) is 6.69. The number of hydrogen-bond acceptors (Lipinski definition) is 8. The van der Waals surface area contributed by atoms with Crippen LogP contribution in [0.5, 0.6) is 11.5 Å². The van der Waals surface area contributed by atoms with Gasteiger partial charge in [-0.3, -0.25) is 9.59 Å². The first-order valence-corrected chi connectivity index (χ1v) is 13.2. The molecular weight excluding hydrogens is 484 g/mol.